The van der Waals surface area contributed by atoms with Gasteiger partial charge in [0.15, 0.2) is 40.5 Å². The molecule has 0 bridgehead atoms. The van der Waals surface area contributed by atoms with E-state index in [0.717, 1.165) is 16.7 Å². The van der Waals surface area contributed by atoms with Crippen molar-refractivity contribution in [1.82, 2.24) is 15.0 Å². The van der Waals surface area contributed by atoms with Crippen molar-refractivity contribution in [3.63, 3.8) is 0 Å². The molecule has 1 aliphatic heterocycles. The van der Waals surface area contributed by atoms with Crippen LogP contribution >= 0.6 is 0 Å². The fourth-order valence-electron chi connectivity index (χ4n) is 8.16. The quantitative estimate of drug-likeness (QED) is 0.191. The molecule has 0 saturated carbocycles. The molecule has 3 aliphatic rings. The smallest absolute Gasteiger partial charge is 0.181 e. The number of rotatable bonds is 3. The summed E-state index contributed by atoms with van der Waals surface area (Å²) >= 11 is 0. The van der Waals surface area contributed by atoms with Crippen molar-refractivity contribution < 1.29 is 9.47 Å². The second-order valence-electron chi connectivity index (χ2n) is 14.5. The van der Waals surface area contributed by atoms with Gasteiger partial charge in [-0.1, -0.05) is 125 Å². The second kappa shape index (κ2) is 10.2. The molecule has 0 unspecified atom stereocenters. The van der Waals surface area contributed by atoms with Gasteiger partial charge in [-0.15, -0.1) is 0 Å². The summed E-state index contributed by atoms with van der Waals surface area (Å²) in [6.45, 7) is 9.11. The Labute approximate surface area is 291 Å². The number of hydrogen-bond acceptors (Lipinski definition) is 5. The van der Waals surface area contributed by atoms with E-state index in [1.807, 2.05) is 48.5 Å². The van der Waals surface area contributed by atoms with Crippen LogP contribution in [0.2, 0.25) is 0 Å². The third-order valence-electron chi connectivity index (χ3n) is 10.8. The van der Waals surface area contributed by atoms with Gasteiger partial charge in [-0.3, -0.25) is 0 Å². The molecule has 2 heterocycles. The highest BCUT2D eigenvalue weighted by atomic mass is 16.6. The standard InChI is InChI=1S/C45H33N3O2/c1-44(2)33-18-10-8-15-28(33)30-22-21-27(23-35(30)44)42-46-41(26-13-6-5-7-14-26)47-43(48-42)31-17-12-20-37-40(31)50-39-25-36-32(24-38(39)49-37)29-16-9-11-19-34(29)45(36,3)4/h5-25H,1-4H3. The third kappa shape index (κ3) is 4.10. The highest BCUT2D eigenvalue weighted by molar-refractivity contribution is 5.85. The summed E-state index contributed by atoms with van der Waals surface area (Å²) in [5.74, 6) is 4.33. The van der Waals surface area contributed by atoms with Crippen molar-refractivity contribution in [3.05, 3.63) is 150 Å². The molecule has 2 aliphatic carbocycles. The van der Waals surface area contributed by atoms with Crippen LogP contribution in [0.3, 0.4) is 0 Å². The van der Waals surface area contributed by atoms with Gasteiger partial charge in [-0.2, -0.15) is 0 Å². The zero-order valence-corrected chi connectivity index (χ0v) is 28.3. The predicted octanol–water partition coefficient (Wildman–Crippen LogP) is 11.4. The van der Waals surface area contributed by atoms with Gasteiger partial charge >= 0.3 is 0 Å². The van der Waals surface area contributed by atoms with E-state index < -0.39 is 0 Å². The minimum absolute atomic E-state index is 0.146. The molecule has 240 valence electrons. The van der Waals surface area contributed by atoms with Crippen LogP contribution in [-0.2, 0) is 10.8 Å². The number of benzene rings is 6. The first-order valence-corrected chi connectivity index (χ1v) is 17.1. The van der Waals surface area contributed by atoms with Gasteiger partial charge in [0.25, 0.3) is 0 Å². The second-order valence-corrected chi connectivity index (χ2v) is 14.5. The Kier molecular flexibility index (Phi) is 5.91. The molecule has 0 radical (unpaired) electrons. The summed E-state index contributed by atoms with van der Waals surface area (Å²) in [7, 11) is 0. The van der Waals surface area contributed by atoms with Crippen molar-refractivity contribution in [3.8, 4) is 79.4 Å². The third-order valence-corrected chi connectivity index (χ3v) is 10.8. The largest absolute Gasteiger partial charge is 0.449 e. The van der Waals surface area contributed by atoms with Crippen LogP contribution in [-0.4, -0.2) is 15.0 Å². The Hall–Kier alpha value is -6.07. The van der Waals surface area contributed by atoms with Crippen molar-refractivity contribution in [2.45, 2.75) is 38.5 Å². The lowest BCUT2D eigenvalue weighted by Gasteiger charge is -2.26. The van der Waals surface area contributed by atoms with Crippen molar-refractivity contribution >= 4 is 0 Å². The van der Waals surface area contributed by atoms with E-state index >= 15 is 0 Å². The number of nitrogens with zero attached hydrogens (tertiary/aromatic N) is 3. The van der Waals surface area contributed by atoms with Gasteiger partial charge in [0.1, 0.15) is 0 Å². The van der Waals surface area contributed by atoms with E-state index in [9.17, 15) is 0 Å². The van der Waals surface area contributed by atoms with E-state index in [-0.39, 0.29) is 10.8 Å². The number of aromatic nitrogens is 3. The van der Waals surface area contributed by atoms with Crippen LogP contribution < -0.4 is 9.47 Å². The SMILES string of the molecule is CC1(C)c2ccccc2-c2ccc(-c3nc(-c4ccccc4)nc(-c4cccc5c4Oc4cc6c(cc4O5)-c4ccccc4C6(C)C)n3)cc21. The van der Waals surface area contributed by atoms with Crippen molar-refractivity contribution in [1.29, 1.82) is 0 Å². The number of ether oxygens (including phenoxy) is 2. The molecule has 0 fully saturated rings. The zero-order chi connectivity index (χ0) is 33.8. The summed E-state index contributed by atoms with van der Waals surface area (Å²) in [4.78, 5) is 15.2. The van der Waals surface area contributed by atoms with Crippen molar-refractivity contribution in [2.75, 3.05) is 0 Å². The number of para-hydroxylation sites is 1. The number of hydrogen-bond donors (Lipinski definition) is 0. The molecular formula is C45H33N3O2. The lowest BCUT2D eigenvalue weighted by atomic mass is 9.82. The zero-order valence-electron chi connectivity index (χ0n) is 28.3. The average Bonchev–Trinajstić information content (AvgIpc) is 3.52. The topological polar surface area (TPSA) is 57.1 Å². The molecule has 5 nitrogen and oxygen atoms in total. The highest BCUT2D eigenvalue weighted by Crippen LogP contribution is 2.56. The molecular weight excluding hydrogens is 615 g/mol. The summed E-state index contributed by atoms with van der Waals surface area (Å²) in [5.41, 5.74) is 12.4. The highest BCUT2D eigenvalue weighted by Gasteiger charge is 2.38. The monoisotopic (exact) mass is 647 g/mol. The van der Waals surface area contributed by atoms with Gasteiger partial charge in [-0.05, 0) is 74.8 Å². The van der Waals surface area contributed by atoms with Gasteiger partial charge in [0, 0.05) is 22.0 Å². The molecule has 0 atom stereocenters. The van der Waals surface area contributed by atoms with Gasteiger partial charge in [0.2, 0.25) is 0 Å². The summed E-state index contributed by atoms with van der Waals surface area (Å²) in [6, 6.07) is 44.1. The molecule has 0 amide bonds. The summed E-state index contributed by atoms with van der Waals surface area (Å²) in [5, 5.41) is 0. The van der Waals surface area contributed by atoms with Gasteiger partial charge < -0.3 is 9.47 Å². The molecule has 0 N–H and O–H groups in total. The predicted molar refractivity (Wildman–Crippen MR) is 198 cm³/mol. The van der Waals surface area contributed by atoms with Gasteiger partial charge in [-0.25, -0.2) is 15.0 Å². The fourth-order valence-corrected chi connectivity index (χ4v) is 8.16. The molecule has 1 aromatic heterocycles. The van der Waals surface area contributed by atoms with Crippen LogP contribution in [0.1, 0.15) is 49.9 Å². The average molecular weight is 648 g/mol. The van der Waals surface area contributed by atoms with Crippen LogP contribution in [0.25, 0.3) is 56.4 Å². The first-order chi connectivity index (χ1) is 24.3. The molecule has 10 rings (SSSR count). The van der Waals surface area contributed by atoms with E-state index in [0.29, 0.717) is 40.5 Å². The van der Waals surface area contributed by atoms with Crippen molar-refractivity contribution in [2.24, 2.45) is 0 Å². The Morgan fingerprint density at radius 1 is 0.380 bits per heavy atom. The maximum atomic E-state index is 6.77. The molecule has 6 aromatic carbocycles. The summed E-state index contributed by atoms with van der Waals surface area (Å²) in [6.07, 6.45) is 0. The molecule has 0 saturated heterocycles. The van der Waals surface area contributed by atoms with E-state index in [1.54, 1.807) is 0 Å². The van der Waals surface area contributed by atoms with Crippen LogP contribution in [0.15, 0.2) is 127 Å². The maximum absolute atomic E-state index is 6.77. The minimum Gasteiger partial charge on any atom is -0.449 e. The van der Waals surface area contributed by atoms with Crippen LogP contribution in [0, 0.1) is 0 Å². The normalized spacial score (nSPS) is 15.0. The van der Waals surface area contributed by atoms with E-state index in [2.05, 4.69) is 107 Å². The Bertz CT molecular complexity index is 2550. The first-order valence-electron chi connectivity index (χ1n) is 17.1. The van der Waals surface area contributed by atoms with E-state index in [1.165, 1.54) is 44.5 Å². The lowest BCUT2D eigenvalue weighted by Crippen LogP contribution is -2.15. The minimum atomic E-state index is -0.163. The summed E-state index contributed by atoms with van der Waals surface area (Å²) < 4.78 is 13.4. The lowest BCUT2D eigenvalue weighted by molar-refractivity contribution is 0.360. The fraction of sp³-hybridized carbons (Fsp3) is 0.133. The van der Waals surface area contributed by atoms with Crippen LogP contribution in [0.5, 0.6) is 23.0 Å². The Morgan fingerprint density at radius 2 is 0.940 bits per heavy atom. The maximum Gasteiger partial charge on any atom is 0.181 e. The van der Waals surface area contributed by atoms with Gasteiger partial charge in [0.05, 0.1) is 5.56 Å². The van der Waals surface area contributed by atoms with E-state index in [4.69, 9.17) is 24.4 Å². The molecule has 7 aromatic rings. The number of fused-ring (bicyclic) bond motifs is 8. The Morgan fingerprint density at radius 3 is 1.68 bits per heavy atom. The molecule has 5 heteroatoms. The van der Waals surface area contributed by atoms with Crippen LogP contribution in [0.4, 0.5) is 0 Å². The Balaban J connectivity index is 1.11. The molecule has 0 spiro atoms. The first kappa shape index (κ1) is 28.9. The molecule has 50 heavy (non-hydrogen) atoms.